The Morgan fingerprint density at radius 2 is 2.00 bits per heavy atom. The SMILES string of the molecule is N#Cc1ccccc1CNCc1cccnc1. The molecule has 0 amide bonds. The van der Waals surface area contributed by atoms with E-state index in [2.05, 4.69) is 16.4 Å². The van der Waals surface area contributed by atoms with Crippen molar-refractivity contribution in [2.45, 2.75) is 13.1 Å². The van der Waals surface area contributed by atoms with Gasteiger partial charge in [0.2, 0.25) is 0 Å². The van der Waals surface area contributed by atoms with E-state index < -0.39 is 0 Å². The number of nitrogens with zero attached hydrogens (tertiary/aromatic N) is 2. The zero-order valence-corrected chi connectivity index (χ0v) is 9.43. The van der Waals surface area contributed by atoms with Crippen molar-refractivity contribution in [1.82, 2.24) is 10.3 Å². The van der Waals surface area contributed by atoms with Gasteiger partial charge in [-0.3, -0.25) is 4.98 Å². The first-order valence-electron chi connectivity index (χ1n) is 5.48. The van der Waals surface area contributed by atoms with Crippen LogP contribution in [0.1, 0.15) is 16.7 Å². The number of benzene rings is 1. The van der Waals surface area contributed by atoms with E-state index in [1.807, 2.05) is 42.6 Å². The monoisotopic (exact) mass is 223 g/mol. The summed E-state index contributed by atoms with van der Waals surface area (Å²) in [4.78, 5) is 4.05. The van der Waals surface area contributed by atoms with Crippen LogP contribution < -0.4 is 5.32 Å². The zero-order valence-electron chi connectivity index (χ0n) is 9.43. The Morgan fingerprint density at radius 3 is 2.76 bits per heavy atom. The van der Waals surface area contributed by atoms with E-state index in [9.17, 15) is 0 Å². The maximum Gasteiger partial charge on any atom is 0.0995 e. The standard InChI is InChI=1S/C14H13N3/c15-8-13-5-1-2-6-14(13)11-17-10-12-4-3-7-16-9-12/h1-7,9,17H,10-11H2. The molecule has 0 aliphatic rings. The third kappa shape index (κ3) is 3.13. The van der Waals surface area contributed by atoms with Crippen LogP contribution in [0.3, 0.4) is 0 Å². The number of hydrogen-bond donors (Lipinski definition) is 1. The second-order valence-corrected chi connectivity index (χ2v) is 3.73. The predicted octanol–water partition coefficient (Wildman–Crippen LogP) is 2.24. The van der Waals surface area contributed by atoms with Gasteiger partial charge in [0, 0.05) is 25.5 Å². The van der Waals surface area contributed by atoms with Gasteiger partial charge in [0.05, 0.1) is 11.6 Å². The molecule has 0 saturated carbocycles. The predicted molar refractivity (Wildman–Crippen MR) is 65.9 cm³/mol. The Kier molecular flexibility index (Phi) is 3.85. The summed E-state index contributed by atoms with van der Waals surface area (Å²) in [6, 6.07) is 13.8. The summed E-state index contributed by atoms with van der Waals surface area (Å²) >= 11 is 0. The second-order valence-electron chi connectivity index (χ2n) is 3.73. The van der Waals surface area contributed by atoms with Gasteiger partial charge in [-0.1, -0.05) is 24.3 Å². The van der Waals surface area contributed by atoms with Crippen LogP contribution in [0, 0.1) is 11.3 Å². The normalized spacial score (nSPS) is 9.82. The average Bonchev–Trinajstić information content (AvgIpc) is 2.40. The minimum atomic E-state index is 0.693. The van der Waals surface area contributed by atoms with Crippen molar-refractivity contribution in [3.63, 3.8) is 0 Å². The summed E-state index contributed by atoms with van der Waals surface area (Å²) < 4.78 is 0. The van der Waals surface area contributed by atoms with Crippen LogP contribution in [0.5, 0.6) is 0 Å². The van der Waals surface area contributed by atoms with Gasteiger partial charge in [-0.2, -0.15) is 5.26 Å². The quantitative estimate of drug-likeness (QED) is 0.864. The van der Waals surface area contributed by atoms with Gasteiger partial charge in [0.15, 0.2) is 0 Å². The van der Waals surface area contributed by atoms with Gasteiger partial charge in [-0.15, -0.1) is 0 Å². The van der Waals surface area contributed by atoms with Gasteiger partial charge >= 0.3 is 0 Å². The molecule has 3 nitrogen and oxygen atoms in total. The van der Waals surface area contributed by atoms with Crippen molar-refractivity contribution in [2.75, 3.05) is 0 Å². The lowest BCUT2D eigenvalue weighted by Crippen LogP contribution is -2.13. The maximum atomic E-state index is 8.95. The number of hydrogen-bond acceptors (Lipinski definition) is 3. The first-order valence-corrected chi connectivity index (χ1v) is 5.48. The average molecular weight is 223 g/mol. The van der Waals surface area contributed by atoms with E-state index in [1.165, 1.54) is 0 Å². The molecule has 0 unspecified atom stereocenters. The lowest BCUT2D eigenvalue weighted by Gasteiger charge is -2.06. The van der Waals surface area contributed by atoms with Crippen LogP contribution in [0.4, 0.5) is 0 Å². The van der Waals surface area contributed by atoms with Crippen LogP contribution in [-0.4, -0.2) is 4.98 Å². The Morgan fingerprint density at radius 1 is 1.12 bits per heavy atom. The van der Waals surface area contributed by atoms with Crippen LogP contribution >= 0.6 is 0 Å². The Bertz CT molecular complexity index is 514. The minimum absolute atomic E-state index is 0.693. The van der Waals surface area contributed by atoms with Gasteiger partial charge in [-0.05, 0) is 23.3 Å². The van der Waals surface area contributed by atoms with E-state index in [0.29, 0.717) is 6.54 Å². The van der Waals surface area contributed by atoms with Crippen molar-refractivity contribution in [3.05, 3.63) is 65.5 Å². The van der Waals surface area contributed by atoms with Crippen LogP contribution in [0.15, 0.2) is 48.8 Å². The molecular formula is C14H13N3. The molecule has 0 radical (unpaired) electrons. The highest BCUT2D eigenvalue weighted by atomic mass is 14.8. The van der Waals surface area contributed by atoms with Crippen LogP contribution in [-0.2, 0) is 13.1 Å². The lowest BCUT2D eigenvalue weighted by atomic mass is 10.1. The van der Waals surface area contributed by atoms with Crippen LogP contribution in [0.25, 0.3) is 0 Å². The summed E-state index contributed by atoms with van der Waals surface area (Å²) in [5, 5.41) is 12.2. The number of rotatable bonds is 4. The van der Waals surface area contributed by atoms with Crippen LogP contribution in [0.2, 0.25) is 0 Å². The van der Waals surface area contributed by atoms with E-state index in [1.54, 1.807) is 6.20 Å². The molecule has 0 saturated heterocycles. The van der Waals surface area contributed by atoms with E-state index >= 15 is 0 Å². The molecule has 0 spiro atoms. The largest absolute Gasteiger partial charge is 0.309 e. The number of nitrogens with one attached hydrogen (secondary N) is 1. The number of nitriles is 1. The molecule has 1 heterocycles. The van der Waals surface area contributed by atoms with Crippen molar-refractivity contribution in [2.24, 2.45) is 0 Å². The molecule has 2 aromatic rings. The molecule has 1 aromatic heterocycles. The van der Waals surface area contributed by atoms with Gasteiger partial charge in [0.25, 0.3) is 0 Å². The molecule has 1 aromatic carbocycles. The highest BCUT2D eigenvalue weighted by Crippen LogP contribution is 2.07. The van der Waals surface area contributed by atoms with E-state index in [-0.39, 0.29) is 0 Å². The molecule has 0 aliphatic carbocycles. The summed E-state index contributed by atoms with van der Waals surface area (Å²) in [6.07, 6.45) is 3.59. The number of aromatic nitrogens is 1. The third-order valence-electron chi connectivity index (χ3n) is 2.51. The summed E-state index contributed by atoms with van der Waals surface area (Å²) in [7, 11) is 0. The smallest absolute Gasteiger partial charge is 0.0995 e. The fourth-order valence-corrected chi connectivity index (χ4v) is 1.63. The summed E-state index contributed by atoms with van der Waals surface area (Å²) in [5.74, 6) is 0. The summed E-state index contributed by atoms with van der Waals surface area (Å²) in [6.45, 7) is 1.45. The second kappa shape index (κ2) is 5.78. The van der Waals surface area contributed by atoms with E-state index in [4.69, 9.17) is 5.26 Å². The Hall–Kier alpha value is -2.18. The fourth-order valence-electron chi connectivity index (χ4n) is 1.63. The van der Waals surface area contributed by atoms with Crippen molar-refractivity contribution < 1.29 is 0 Å². The maximum absolute atomic E-state index is 8.95. The molecule has 3 heteroatoms. The van der Waals surface area contributed by atoms with Gasteiger partial charge in [0.1, 0.15) is 0 Å². The highest BCUT2D eigenvalue weighted by Gasteiger charge is 1.99. The molecule has 0 fully saturated rings. The minimum Gasteiger partial charge on any atom is -0.309 e. The van der Waals surface area contributed by atoms with Crippen molar-refractivity contribution >= 4 is 0 Å². The lowest BCUT2D eigenvalue weighted by molar-refractivity contribution is 0.690. The van der Waals surface area contributed by atoms with Crippen molar-refractivity contribution in [1.29, 1.82) is 5.26 Å². The molecule has 84 valence electrons. The first kappa shape index (κ1) is 11.3. The topological polar surface area (TPSA) is 48.7 Å². The molecular weight excluding hydrogens is 210 g/mol. The van der Waals surface area contributed by atoms with Crippen molar-refractivity contribution in [3.8, 4) is 6.07 Å². The zero-order chi connectivity index (χ0) is 11.9. The van der Waals surface area contributed by atoms with Gasteiger partial charge < -0.3 is 5.32 Å². The fraction of sp³-hybridized carbons (Fsp3) is 0.143. The summed E-state index contributed by atoms with van der Waals surface area (Å²) in [5.41, 5.74) is 2.90. The van der Waals surface area contributed by atoms with E-state index in [0.717, 1.165) is 23.2 Å². The third-order valence-corrected chi connectivity index (χ3v) is 2.51. The Labute approximate surface area is 101 Å². The molecule has 17 heavy (non-hydrogen) atoms. The molecule has 0 bridgehead atoms. The van der Waals surface area contributed by atoms with Gasteiger partial charge in [-0.25, -0.2) is 0 Å². The molecule has 1 N–H and O–H groups in total. The Balaban J connectivity index is 1.93. The number of pyridine rings is 1. The highest BCUT2D eigenvalue weighted by molar-refractivity contribution is 5.37. The first-order chi connectivity index (χ1) is 8.40. The molecule has 0 atom stereocenters. The molecule has 2 rings (SSSR count). The molecule has 0 aliphatic heterocycles.